The fraction of sp³-hybridized carbons (Fsp3) is 0.400. The van der Waals surface area contributed by atoms with E-state index in [1.165, 1.54) is 29.2 Å². The molecular weight excluding hydrogens is 333 g/mol. The van der Waals surface area contributed by atoms with Crippen LogP contribution in [0, 0.1) is 5.82 Å². The highest BCUT2D eigenvalue weighted by Crippen LogP contribution is 2.15. The monoisotopic (exact) mass is 353 g/mol. The van der Waals surface area contributed by atoms with E-state index >= 15 is 0 Å². The molecule has 0 aliphatic carbocycles. The molecular formula is C15H20FN5O2S. The summed E-state index contributed by atoms with van der Waals surface area (Å²) in [6.45, 7) is 4.64. The summed E-state index contributed by atoms with van der Waals surface area (Å²) >= 11 is 0. The van der Waals surface area contributed by atoms with Crippen molar-refractivity contribution in [2.45, 2.75) is 4.90 Å². The third-order valence-corrected chi connectivity index (χ3v) is 5.31. The Kier molecular flexibility index (Phi) is 5.24. The number of benzene rings is 1. The van der Waals surface area contributed by atoms with Crippen LogP contribution in [0.25, 0.3) is 5.69 Å². The maximum Gasteiger partial charge on any atom is 0.243 e. The normalized spacial score (nSPS) is 16.4. The topological polar surface area (TPSA) is 79.3 Å². The average Bonchev–Trinajstić information content (AvgIpc) is 3.07. The third kappa shape index (κ3) is 3.99. The standard InChI is InChI=1S/C15H20FN5O2S/c16-14-3-1-2-4-15(14)21-12-13(11-18-21)24(22,23)19-7-10-20-8-5-17-6-9-20/h1-4,11-12,17,19H,5-10H2. The van der Waals surface area contributed by atoms with E-state index in [1.807, 2.05) is 0 Å². The van der Waals surface area contributed by atoms with Crippen molar-refractivity contribution in [3.8, 4) is 5.69 Å². The predicted octanol–water partition coefficient (Wildman–Crippen LogP) is 0.195. The van der Waals surface area contributed by atoms with Gasteiger partial charge in [0.25, 0.3) is 0 Å². The first-order valence-electron chi connectivity index (χ1n) is 7.78. The zero-order chi connectivity index (χ0) is 17.0. The lowest BCUT2D eigenvalue weighted by atomic mass is 10.3. The minimum absolute atomic E-state index is 0.0195. The Bertz CT molecular complexity index is 787. The summed E-state index contributed by atoms with van der Waals surface area (Å²) in [7, 11) is -3.66. The molecule has 0 unspecified atom stereocenters. The predicted molar refractivity (Wildman–Crippen MR) is 88.0 cm³/mol. The van der Waals surface area contributed by atoms with Gasteiger partial charge in [-0.3, -0.25) is 4.90 Å². The van der Waals surface area contributed by atoms with Gasteiger partial charge in [-0.1, -0.05) is 12.1 Å². The number of nitrogens with zero attached hydrogens (tertiary/aromatic N) is 3. The number of para-hydroxylation sites is 1. The molecule has 0 bridgehead atoms. The zero-order valence-corrected chi connectivity index (χ0v) is 14.0. The second-order valence-electron chi connectivity index (χ2n) is 5.56. The molecule has 1 aromatic carbocycles. The van der Waals surface area contributed by atoms with E-state index in [2.05, 4.69) is 20.0 Å². The number of rotatable bonds is 6. The number of piperazine rings is 1. The van der Waals surface area contributed by atoms with E-state index in [1.54, 1.807) is 12.1 Å². The fourth-order valence-electron chi connectivity index (χ4n) is 2.57. The molecule has 9 heteroatoms. The summed E-state index contributed by atoms with van der Waals surface area (Å²) in [4.78, 5) is 2.22. The van der Waals surface area contributed by atoms with Crippen LogP contribution in [0.4, 0.5) is 4.39 Å². The molecule has 0 spiro atoms. The quantitative estimate of drug-likeness (QED) is 0.775. The van der Waals surface area contributed by atoms with Gasteiger partial charge in [0.1, 0.15) is 16.4 Å². The van der Waals surface area contributed by atoms with E-state index < -0.39 is 15.8 Å². The summed E-state index contributed by atoms with van der Waals surface area (Å²) in [6.07, 6.45) is 2.53. The van der Waals surface area contributed by atoms with Gasteiger partial charge in [-0.25, -0.2) is 22.2 Å². The maximum absolute atomic E-state index is 13.8. The molecule has 0 amide bonds. The second kappa shape index (κ2) is 7.39. The van der Waals surface area contributed by atoms with Gasteiger partial charge < -0.3 is 5.32 Å². The van der Waals surface area contributed by atoms with Crippen molar-refractivity contribution in [2.24, 2.45) is 0 Å². The first kappa shape index (κ1) is 17.0. The Labute approximate surface area is 140 Å². The maximum atomic E-state index is 13.8. The van der Waals surface area contributed by atoms with Crippen LogP contribution in [0.15, 0.2) is 41.6 Å². The van der Waals surface area contributed by atoms with Gasteiger partial charge in [0.15, 0.2) is 0 Å². The molecule has 0 saturated carbocycles. The van der Waals surface area contributed by atoms with Crippen LogP contribution in [-0.4, -0.2) is 62.4 Å². The molecule has 24 heavy (non-hydrogen) atoms. The Hall–Kier alpha value is -1.81. The lowest BCUT2D eigenvalue weighted by Gasteiger charge is -2.26. The van der Waals surface area contributed by atoms with E-state index in [4.69, 9.17) is 0 Å². The van der Waals surface area contributed by atoms with Crippen molar-refractivity contribution in [3.63, 3.8) is 0 Å². The minimum Gasteiger partial charge on any atom is -0.314 e. The molecule has 1 aromatic heterocycles. The Balaban J connectivity index is 1.64. The Morgan fingerprint density at radius 2 is 2.00 bits per heavy atom. The highest BCUT2D eigenvalue weighted by molar-refractivity contribution is 7.89. The number of nitrogens with one attached hydrogen (secondary N) is 2. The van der Waals surface area contributed by atoms with Gasteiger partial charge in [-0.05, 0) is 12.1 Å². The van der Waals surface area contributed by atoms with Gasteiger partial charge in [-0.2, -0.15) is 5.10 Å². The molecule has 0 atom stereocenters. The summed E-state index contributed by atoms with van der Waals surface area (Å²) < 4.78 is 42.2. The molecule has 1 aliphatic heterocycles. The van der Waals surface area contributed by atoms with Gasteiger partial charge in [0, 0.05) is 39.3 Å². The Morgan fingerprint density at radius 1 is 1.25 bits per heavy atom. The van der Waals surface area contributed by atoms with Gasteiger partial charge in [-0.15, -0.1) is 0 Å². The average molecular weight is 353 g/mol. The van der Waals surface area contributed by atoms with Crippen molar-refractivity contribution in [3.05, 3.63) is 42.5 Å². The van der Waals surface area contributed by atoms with Crippen LogP contribution < -0.4 is 10.0 Å². The van der Waals surface area contributed by atoms with Crippen molar-refractivity contribution < 1.29 is 12.8 Å². The summed E-state index contributed by atoms with van der Waals surface area (Å²) in [5.74, 6) is -0.462. The van der Waals surface area contributed by atoms with Crippen LogP contribution in [0.5, 0.6) is 0 Å². The molecule has 3 rings (SSSR count). The molecule has 130 valence electrons. The molecule has 2 N–H and O–H groups in total. The van der Waals surface area contributed by atoms with Crippen LogP contribution in [0.2, 0.25) is 0 Å². The van der Waals surface area contributed by atoms with Gasteiger partial charge >= 0.3 is 0 Å². The highest BCUT2D eigenvalue weighted by Gasteiger charge is 2.18. The van der Waals surface area contributed by atoms with Crippen LogP contribution in [0.3, 0.4) is 0 Å². The first-order valence-corrected chi connectivity index (χ1v) is 9.27. The molecule has 2 aromatic rings. The van der Waals surface area contributed by atoms with Crippen LogP contribution >= 0.6 is 0 Å². The largest absolute Gasteiger partial charge is 0.314 e. The lowest BCUT2D eigenvalue weighted by molar-refractivity contribution is 0.245. The number of hydrogen-bond donors (Lipinski definition) is 2. The smallest absolute Gasteiger partial charge is 0.243 e. The van der Waals surface area contributed by atoms with Crippen molar-refractivity contribution in [1.29, 1.82) is 0 Å². The number of halogens is 1. The summed E-state index contributed by atoms with van der Waals surface area (Å²) in [6, 6.07) is 6.07. The lowest BCUT2D eigenvalue weighted by Crippen LogP contribution is -2.46. The van der Waals surface area contributed by atoms with E-state index in [0.717, 1.165) is 26.2 Å². The fourth-order valence-corrected chi connectivity index (χ4v) is 3.52. The molecule has 1 aliphatic rings. The molecule has 7 nitrogen and oxygen atoms in total. The SMILES string of the molecule is O=S(=O)(NCCN1CCNCC1)c1cnn(-c2ccccc2F)c1. The third-order valence-electron chi connectivity index (χ3n) is 3.90. The number of sulfonamides is 1. The molecule has 1 saturated heterocycles. The zero-order valence-electron chi connectivity index (χ0n) is 13.2. The van der Waals surface area contributed by atoms with Gasteiger partial charge in [0.2, 0.25) is 10.0 Å². The van der Waals surface area contributed by atoms with Crippen LogP contribution in [0.1, 0.15) is 0 Å². The summed E-state index contributed by atoms with van der Waals surface area (Å²) in [5, 5.41) is 7.20. The van der Waals surface area contributed by atoms with E-state index in [0.29, 0.717) is 13.1 Å². The van der Waals surface area contributed by atoms with E-state index in [9.17, 15) is 12.8 Å². The highest BCUT2D eigenvalue weighted by atomic mass is 32.2. The van der Waals surface area contributed by atoms with Crippen molar-refractivity contribution in [2.75, 3.05) is 39.3 Å². The molecule has 1 fully saturated rings. The van der Waals surface area contributed by atoms with Crippen molar-refractivity contribution >= 4 is 10.0 Å². The van der Waals surface area contributed by atoms with Crippen LogP contribution in [-0.2, 0) is 10.0 Å². The summed E-state index contributed by atoms with van der Waals surface area (Å²) in [5.41, 5.74) is 0.208. The van der Waals surface area contributed by atoms with Gasteiger partial charge in [0.05, 0.1) is 12.4 Å². The number of aromatic nitrogens is 2. The Morgan fingerprint density at radius 3 is 2.75 bits per heavy atom. The van der Waals surface area contributed by atoms with E-state index in [-0.39, 0.29) is 10.6 Å². The minimum atomic E-state index is -3.66. The second-order valence-corrected chi connectivity index (χ2v) is 7.33. The molecule has 2 heterocycles. The van der Waals surface area contributed by atoms with Crippen molar-refractivity contribution in [1.82, 2.24) is 24.7 Å². The number of hydrogen-bond acceptors (Lipinski definition) is 5. The first-order chi connectivity index (χ1) is 11.6. The molecule has 0 radical (unpaired) electrons.